The first-order valence-corrected chi connectivity index (χ1v) is 7.67. The highest BCUT2D eigenvalue weighted by Gasteiger charge is 2.22. The maximum atomic E-state index is 12.3. The van der Waals surface area contributed by atoms with Crippen LogP contribution in [0.2, 0.25) is 0 Å². The fourth-order valence-electron chi connectivity index (χ4n) is 1.76. The summed E-state index contributed by atoms with van der Waals surface area (Å²) in [6, 6.07) is 8.83. The Morgan fingerprint density at radius 3 is 2.67 bits per heavy atom. The third-order valence-electron chi connectivity index (χ3n) is 2.88. The van der Waals surface area contributed by atoms with Crippen molar-refractivity contribution in [1.29, 1.82) is 0 Å². The Hall–Kier alpha value is -3.08. The van der Waals surface area contributed by atoms with Gasteiger partial charge in [-0.2, -0.15) is 4.21 Å². The van der Waals surface area contributed by atoms with E-state index >= 15 is 0 Å². The first-order valence-electron chi connectivity index (χ1n) is 6.64. The van der Waals surface area contributed by atoms with E-state index in [0.29, 0.717) is 9.72 Å². The summed E-state index contributed by atoms with van der Waals surface area (Å²) in [5.74, 6) is -0.343. The molecule has 0 bridgehead atoms. The van der Waals surface area contributed by atoms with Gasteiger partial charge in [0.15, 0.2) is 12.4 Å². The second-order valence-electron chi connectivity index (χ2n) is 4.51. The number of hydrogen-bond acceptors (Lipinski definition) is 9. The first-order chi connectivity index (χ1) is 11.6. The lowest BCUT2D eigenvalue weighted by Crippen LogP contribution is -2.25. The van der Waals surface area contributed by atoms with E-state index in [1.165, 1.54) is 6.92 Å². The standard InChI is InChI=1S/C13H12N4O6S/c1-8-11(12(14)16-21-8)23-24(19)17-10(15-22-13(17)18)7-20-9-5-3-2-4-6-9/h2-6H,7H2,1H3,(H2,14,16). The minimum absolute atomic E-state index is 0.0186. The van der Waals surface area contributed by atoms with Crippen molar-refractivity contribution in [3.8, 4) is 11.5 Å². The molecule has 3 rings (SSSR count). The predicted molar refractivity (Wildman–Crippen MR) is 81.4 cm³/mol. The van der Waals surface area contributed by atoms with Crippen molar-refractivity contribution in [2.75, 3.05) is 5.73 Å². The maximum Gasteiger partial charge on any atom is 0.456 e. The van der Waals surface area contributed by atoms with E-state index in [2.05, 4.69) is 14.8 Å². The number of nitrogen functional groups attached to an aromatic ring is 1. The Morgan fingerprint density at radius 1 is 1.25 bits per heavy atom. The van der Waals surface area contributed by atoms with Gasteiger partial charge in [-0.05, 0) is 12.1 Å². The molecule has 11 heteroatoms. The van der Waals surface area contributed by atoms with Crippen LogP contribution in [0, 0.1) is 6.92 Å². The molecule has 1 atom stereocenters. The van der Waals surface area contributed by atoms with E-state index in [-0.39, 0.29) is 29.8 Å². The summed E-state index contributed by atoms with van der Waals surface area (Å²) in [4.78, 5) is 11.7. The van der Waals surface area contributed by atoms with Gasteiger partial charge in [0, 0.05) is 6.92 Å². The minimum Gasteiger partial charge on any atom is -0.486 e. The molecule has 0 amide bonds. The van der Waals surface area contributed by atoms with Crippen molar-refractivity contribution >= 4 is 17.1 Å². The molecule has 1 aromatic carbocycles. The molecule has 0 saturated carbocycles. The van der Waals surface area contributed by atoms with Gasteiger partial charge in [0.05, 0.1) is 0 Å². The molecule has 2 aromatic heterocycles. The zero-order valence-corrected chi connectivity index (χ0v) is 13.2. The van der Waals surface area contributed by atoms with Crippen LogP contribution < -0.4 is 20.4 Å². The molecule has 24 heavy (non-hydrogen) atoms. The van der Waals surface area contributed by atoms with Crippen LogP contribution >= 0.6 is 0 Å². The van der Waals surface area contributed by atoms with E-state index in [9.17, 15) is 9.00 Å². The van der Waals surface area contributed by atoms with Crippen LogP contribution in [0.25, 0.3) is 0 Å². The van der Waals surface area contributed by atoms with Gasteiger partial charge in [0.25, 0.3) is 0 Å². The van der Waals surface area contributed by atoms with Crippen LogP contribution in [0.4, 0.5) is 5.82 Å². The van der Waals surface area contributed by atoms with Gasteiger partial charge >= 0.3 is 17.0 Å². The summed E-state index contributed by atoms with van der Waals surface area (Å²) in [7, 11) is 0. The van der Waals surface area contributed by atoms with Gasteiger partial charge in [-0.3, -0.25) is 4.52 Å². The van der Waals surface area contributed by atoms with Crippen LogP contribution in [-0.2, 0) is 17.9 Å². The summed E-state index contributed by atoms with van der Waals surface area (Å²) < 4.78 is 32.9. The molecular weight excluding hydrogens is 340 g/mol. The summed E-state index contributed by atoms with van der Waals surface area (Å²) in [5, 5.41) is 7.00. The highest BCUT2D eigenvalue weighted by atomic mass is 32.2. The third kappa shape index (κ3) is 3.15. The van der Waals surface area contributed by atoms with Gasteiger partial charge in [-0.15, -0.1) is 3.97 Å². The van der Waals surface area contributed by atoms with E-state index in [1.54, 1.807) is 24.3 Å². The Kier molecular flexibility index (Phi) is 4.33. The van der Waals surface area contributed by atoms with E-state index in [0.717, 1.165) is 0 Å². The maximum absolute atomic E-state index is 12.3. The summed E-state index contributed by atoms with van der Waals surface area (Å²) in [6.07, 6.45) is 0. The fraction of sp³-hybridized carbons (Fsp3) is 0.154. The number of nitrogens with zero attached hydrogens (tertiary/aromatic N) is 3. The molecule has 1 unspecified atom stereocenters. The molecule has 2 N–H and O–H groups in total. The van der Waals surface area contributed by atoms with Crippen LogP contribution in [0.1, 0.15) is 11.6 Å². The quantitative estimate of drug-likeness (QED) is 0.683. The Bertz CT molecular complexity index is 897. The number of aromatic nitrogens is 3. The molecule has 0 saturated heterocycles. The number of aryl methyl sites for hydroxylation is 1. The molecule has 3 aromatic rings. The lowest BCUT2D eigenvalue weighted by atomic mass is 10.3. The van der Waals surface area contributed by atoms with Crippen LogP contribution in [0.5, 0.6) is 11.5 Å². The van der Waals surface area contributed by atoms with Crippen LogP contribution in [0.15, 0.2) is 44.2 Å². The number of benzene rings is 1. The van der Waals surface area contributed by atoms with Crippen molar-refractivity contribution in [1.82, 2.24) is 14.3 Å². The third-order valence-corrected chi connectivity index (χ3v) is 3.84. The molecule has 0 spiro atoms. The molecule has 2 heterocycles. The molecule has 126 valence electrons. The normalized spacial score (nSPS) is 12.0. The smallest absolute Gasteiger partial charge is 0.456 e. The Morgan fingerprint density at radius 2 is 2.00 bits per heavy atom. The van der Waals surface area contributed by atoms with Crippen LogP contribution in [0.3, 0.4) is 0 Å². The lowest BCUT2D eigenvalue weighted by Gasteiger charge is -2.06. The first kappa shape index (κ1) is 15.8. The zero-order valence-electron chi connectivity index (χ0n) is 12.4. The molecule has 0 fully saturated rings. The summed E-state index contributed by atoms with van der Waals surface area (Å²) in [6.45, 7) is 1.37. The number of para-hydroxylation sites is 1. The Balaban J connectivity index is 1.79. The van der Waals surface area contributed by atoms with E-state index in [4.69, 9.17) is 19.2 Å². The number of anilines is 1. The predicted octanol–water partition coefficient (Wildman–Crippen LogP) is 0.800. The molecule has 0 aliphatic heterocycles. The fourth-order valence-corrected chi connectivity index (χ4v) is 2.59. The van der Waals surface area contributed by atoms with Crippen molar-refractivity contribution in [3.05, 3.63) is 52.5 Å². The van der Waals surface area contributed by atoms with Gasteiger partial charge in [-0.25, -0.2) is 4.79 Å². The molecular formula is C13H12N4O6S. The SMILES string of the molecule is Cc1onc(N)c1OS(=O)n1c(COc2ccccc2)noc1=O. The van der Waals surface area contributed by atoms with Gasteiger partial charge in [0.2, 0.25) is 17.4 Å². The van der Waals surface area contributed by atoms with Crippen LogP contribution in [-0.4, -0.2) is 18.5 Å². The number of rotatable bonds is 6. The molecule has 10 nitrogen and oxygen atoms in total. The number of hydrogen-bond donors (Lipinski definition) is 1. The Labute approximate surface area is 137 Å². The highest BCUT2D eigenvalue weighted by molar-refractivity contribution is 7.79. The van der Waals surface area contributed by atoms with Crippen molar-refractivity contribution in [2.24, 2.45) is 0 Å². The zero-order chi connectivity index (χ0) is 17.1. The topological polar surface area (TPSA) is 136 Å². The molecule has 0 aliphatic rings. The molecule has 0 aliphatic carbocycles. The second kappa shape index (κ2) is 6.58. The van der Waals surface area contributed by atoms with E-state index in [1.807, 2.05) is 6.07 Å². The summed E-state index contributed by atoms with van der Waals surface area (Å²) >= 11 is -2.30. The average molecular weight is 352 g/mol. The van der Waals surface area contributed by atoms with E-state index < -0.39 is 17.0 Å². The summed E-state index contributed by atoms with van der Waals surface area (Å²) in [5.41, 5.74) is 5.54. The lowest BCUT2D eigenvalue weighted by molar-refractivity contribution is 0.284. The molecule has 0 radical (unpaired) electrons. The number of ether oxygens (including phenoxy) is 1. The second-order valence-corrected chi connectivity index (χ2v) is 5.48. The van der Waals surface area contributed by atoms with Gasteiger partial charge in [0.1, 0.15) is 5.75 Å². The number of nitrogens with two attached hydrogens (primary N) is 1. The monoisotopic (exact) mass is 352 g/mol. The van der Waals surface area contributed by atoms with Crippen molar-refractivity contribution < 1.29 is 22.2 Å². The minimum atomic E-state index is -2.30. The van der Waals surface area contributed by atoms with Gasteiger partial charge in [-0.1, -0.05) is 28.5 Å². The van der Waals surface area contributed by atoms with Crippen molar-refractivity contribution in [3.63, 3.8) is 0 Å². The van der Waals surface area contributed by atoms with Gasteiger partial charge < -0.3 is 19.2 Å². The highest BCUT2D eigenvalue weighted by Crippen LogP contribution is 2.25. The van der Waals surface area contributed by atoms with Crippen molar-refractivity contribution in [2.45, 2.75) is 13.5 Å². The largest absolute Gasteiger partial charge is 0.486 e. The average Bonchev–Trinajstić information content (AvgIpc) is 3.10.